The fourth-order valence-electron chi connectivity index (χ4n) is 0.975. The van der Waals surface area contributed by atoms with Crippen molar-refractivity contribution in [2.75, 3.05) is 5.17 Å². The van der Waals surface area contributed by atoms with Crippen LogP contribution in [-0.2, 0) is 14.4 Å². The van der Waals surface area contributed by atoms with Crippen LogP contribution in [0.2, 0.25) is 0 Å². The van der Waals surface area contributed by atoms with E-state index < -0.39 is 5.97 Å². The Kier molecular flexibility index (Phi) is 3.68. The molecule has 5 nitrogen and oxygen atoms in total. The molecule has 0 aliphatic heterocycles. The molecule has 0 aliphatic carbocycles. The number of benzene rings is 1. The molecule has 1 aromatic rings. The summed E-state index contributed by atoms with van der Waals surface area (Å²) < 4.78 is 0. The highest BCUT2D eigenvalue weighted by Gasteiger charge is 2.10. The Labute approximate surface area is 87.6 Å². The molecule has 0 aliphatic rings. The number of hydrogen-bond acceptors (Lipinski definition) is 4. The first kappa shape index (κ1) is 11.0. The van der Waals surface area contributed by atoms with Crippen LogP contribution >= 0.6 is 0 Å². The van der Waals surface area contributed by atoms with Gasteiger partial charge in [-0.05, 0) is 12.1 Å². The van der Waals surface area contributed by atoms with Gasteiger partial charge >= 0.3 is 5.97 Å². The van der Waals surface area contributed by atoms with Gasteiger partial charge in [-0.1, -0.05) is 18.2 Å². The van der Waals surface area contributed by atoms with E-state index in [1.165, 1.54) is 13.8 Å². The molecule has 0 heterocycles. The Balaban J connectivity index is 2.81. The number of amides is 1. The predicted octanol–water partition coefficient (Wildman–Crippen LogP) is 1.02. The van der Waals surface area contributed by atoms with Crippen molar-refractivity contribution in [1.82, 2.24) is 5.43 Å². The largest absolute Gasteiger partial charge is 0.331 e. The van der Waals surface area contributed by atoms with Crippen LogP contribution in [0, 0.1) is 0 Å². The zero-order valence-electron chi connectivity index (χ0n) is 8.56. The molecule has 0 spiro atoms. The molecule has 0 aromatic heterocycles. The molecular formula is C10H12N2O3. The molecule has 0 saturated heterocycles. The highest BCUT2D eigenvalue weighted by atomic mass is 16.7. The van der Waals surface area contributed by atoms with Gasteiger partial charge < -0.3 is 4.84 Å². The lowest BCUT2D eigenvalue weighted by Crippen LogP contribution is -2.42. The van der Waals surface area contributed by atoms with Gasteiger partial charge in [-0.3, -0.25) is 4.79 Å². The molecule has 0 unspecified atom stereocenters. The zero-order chi connectivity index (χ0) is 11.3. The smallest absolute Gasteiger partial charge is 0.321 e. The van der Waals surface area contributed by atoms with Crippen molar-refractivity contribution < 1.29 is 14.4 Å². The maximum absolute atomic E-state index is 10.9. The lowest BCUT2D eigenvalue weighted by molar-refractivity contribution is -0.144. The highest BCUT2D eigenvalue weighted by molar-refractivity contribution is 5.76. The molecule has 0 bridgehead atoms. The molecule has 0 saturated carbocycles. The number of rotatable bonds is 3. The minimum absolute atomic E-state index is 0.319. The summed E-state index contributed by atoms with van der Waals surface area (Å²) in [5.41, 5.74) is 2.95. The van der Waals surface area contributed by atoms with E-state index in [1.807, 2.05) is 6.07 Å². The summed E-state index contributed by atoms with van der Waals surface area (Å²) in [4.78, 5) is 26.5. The van der Waals surface area contributed by atoms with Crippen LogP contribution in [0.3, 0.4) is 0 Å². The Morgan fingerprint density at radius 3 is 2.27 bits per heavy atom. The minimum Gasteiger partial charge on any atom is -0.321 e. The van der Waals surface area contributed by atoms with Gasteiger partial charge in [0.1, 0.15) is 0 Å². The average Bonchev–Trinajstić information content (AvgIpc) is 2.17. The Hall–Kier alpha value is -2.04. The van der Waals surface area contributed by atoms with Crippen LogP contribution in [0.1, 0.15) is 13.8 Å². The van der Waals surface area contributed by atoms with Gasteiger partial charge in [-0.2, -0.15) is 0 Å². The SMILES string of the molecule is CC(=O)NN(OC(C)=O)c1ccccc1. The average molecular weight is 208 g/mol. The lowest BCUT2D eigenvalue weighted by atomic mass is 10.3. The van der Waals surface area contributed by atoms with Gasteiger partial charge in [0.05, 0.1) is 5.69 Å². The van der Waals surface area contributed by atoms with E-state index in [9.17, 15) is 9.59 Å². The van der Waals surface area contributed by atoms with Crippen molar-refractivity contribution in [1.29, 1.82) is 0 Å². The van der Waals surface area contributed by atoms with Crippen molar-refractivity contribution in [3.05, 3.63) is 30.3 Å². The van der Waals surface area contributed by atoms with E-state index >= 15 is 0 Å². The van der Waals surface area contributed by atoms with Crippen LogP contribution in [0.4, 0.5) is 5.69 Å². The van der Waals surface area contributed by atoms with Gasteiger partial charge in [-0.15, -0.1) is 5.17 Å². The highest BCUT2D eigenvalue weighted by Crippen LogP contribution is 2.11. The second-order valence-electron chi connectivity index (χ2n) is 2.88. The topological polar surface area (TPSA) is 58.6 Å². The fraction of sp³-hybridized carbons (Fsp3) is 0.200. The van der Waals surface area contributed by atoms with E-state index in [-0.39, 0.29) is 5.91 Å². The molecule has 0 fully saturated rings. The zero-order valence-corrected chi connectivity index (χ0v) is 8.56. The summed E-state index contributed by atoms with van der Waals surface area (Å²) in [5.74, 6) is -0.826. The molecule has 15 heavy (non-hydrogen) atoms. The molecule has 0 radical (unpaired) electrons. The number of nitrogens with one attached hydrogen (secondary N) is 1. The van der Waals surface area contributed by atoms with Gasteiger partial charge in [-0.25, -0.2) is 10.2 Å². The van der Waals surface area contributed by atoms with Gasteiger partial charge in [0, 0.05) is 13.8 Å². The number of nitrogens with zero attached hydrogens (tertiary/aromatic N) is 1. The summed E-state index contributed by atoms with van der Waals surface area (Å²) in [7, 11) is 0. The number of anilines is 1. The van der Waals surface area contributed by atoms with Crippen molar-refractivity contribution >= 4 is 17.6 Å². The Morgan fingerprint density at radius 2 is 1.80 bits per heavy atom. The Bertz CT molecular complexity index is 335. The standard InChI is InChI=1S/C10H12N2O3/c1-8(13)11-12(15-9(2)14)10-6-4-3-5-7-10/h3-7H,1-2H3,(H,11,13). The summed E-state index contributed by atoms with van der Waals surface area (Å²) in [6.07, 6.45) is 0. The van der Waals surface area contributed by atoms with Crippen molar-refractivity contribution in [3.63, 3.8) is 0 Å². The molecule has 1 amide bonds. The van der Waals surface area contributed by atoms with Crippen LogP contribution in [0.15, 0.2) is 30.3 Å². The first-order valence-electron chi connectivity index (χ1n) is 4.40. The molecular weight excluding hydrogens is 196 g/mol. The van der Waals surface area contributed by atoms with E-state index in [0.717, 1.165) is 5.17 Å². The first-order valence-corrected chi connectivity index (χ1v) is 4.40. The third kappa shape index (κ3) is 3.68. The predicted molar refractivity (Wildman–Crippen MR) is 54.5 cm³/mol. The second kappa shape index (κ2) is 4.99. The number of hydrazine groups is 1. The lowest BCUT2D eigenvalue weighted by Gasteiger charge is -2.21. The molecule has 1 aromatic carbocycles. The van der Waals surface area contributed by atoms with Crippen LogP contribution in [0.5, 0.6) is 0 Å². The number of carbonyl (C=O) groups is 2. The quantitative estimate of drug-likeness (QED) is 0.753. The van der Waals surface area contributed by atoms with Crippen molar-refractivity contribution in [2.45, 2.75) is 13.8 Å². The normalized spacial score (nSPS) is 9.20. The van der Waals surface area contributed by atoms with Gasteiger partial charge in [0.2, 0.25) is 5.91 Å². The number of para-hydroxylation sites is 1. The minimum atomic E-state index is -0.507. The number of carbonyl (C=O) groups excluding carboxylic acids is 2. The van der Waals surface area contributed by atoms with Crippen molar-refractivity contribution in [3.8, 4) is 0 Å². The third-order valence-corrected chi connectivity index (χ3v) is 1.47. The molecule has 1 N–H and O–H groups in total. The fourth-order valence-corrected chi connectivity index (χ4v) is 0.975. The summed E-state index contributed by atoms with van der Waals surface area (Å²) in [6, 6.07) is 8.78. The van der Waals surface area contributed by atoms with E-state index in [0.29, 0.717) is 5.69 Å². The van der Waals surface area contributed by atoms with E-state index in [4.69, 9.17) is 4.84 Å². The molecule has 1 rings (SSSR count). The third-order valence-electron chi connectivity index (χ3n) is 1.47. The van der Waals surface area contributed by atoms with Crippen molar-refractivity contribution in [2.24, 2.45) is 0 Å². The summed E-state index contributed by atoms with van der Waals surface area (Å²) in [5, 5.41) is 1.03. The van der Waals surface area contributed by atoms with Crippen LogP contribution in [-0.4, -0.2) is 11.9 Å². The van der Waals surface area contributed by atoms with Crippen LogP contribution < -0.4 is 10.6 Å². The molecule has 5 heteroatoms. The number of hydrogen-bond donors (Lipinski definition) is 1. The van der Waals surface area contributed by atoms with E-state index in [1.54, 1.807) is 24.3 Å². The summed E-state index contributed by atoms with van der Waals surface area (Å²) in [6.45, 7) is 2.59. The van der Waals surface area contributed by atoms with E-state index in [2.05, 4.69) is 5.43 Å². The van der Waals surface area contributed by atoms with Gasteiger partial charge in [0.15, 0.2) is 0 Å². The monoisotopic (exact) mass is 208 g/mol. The second-order valence-corrected chi connectivity index (χ2v) is 2.88. The first-order chi connectivity index (χ1) is 7.09. The Morgan fingerprint density at radius 1 is 1.20 bits per heavy atom. The molecule has 0 atom stereocenters. The maximum atomic E-state index is 10.9. The van der Waals surface area contributed by atoms with Crippen LogP contribution in [0.25, 0.3) is 0 Å². The summed E-state index contributed by atoms with van der Waals surface area (Å²) >= 11 is 0. The van der Waals surface area contributed by atoms with Gasteiger partial charge in [0.25, 0.3) is 0 Å². The maximum Gasteiger partial charge on any atom is 0.331 e. The molecule has 80 valence electrons.